The summed E-state index contributed by atoms with van der Waals surface area (Å²) >= 11 is 0. The van der Waals surface area contributed by atoms with Gasteiger partial charge in [0.2, 0.25) is 5.91 Å². The first-order valence-corrected chi connectivity index (χ1v) is 8.40. The van der Waals surface area contributed by atoms with Gasteiger partial charge in [0.25, 0.3) is 11.2 Å². The second kappa shape index (κ2) is 8.10. The first-order chi connectivity index (χ1) is 13.9. The SMILES string of the molecule is CC(C(=O)Nc1ccc([N+](=O)[O-])cc1C#N)n1nc(-c2cccnc2)ccc1=O. The van der Waals surface area contributed by atoms with Gasteiger partial charge in [-0.2, -0.15) is 10.4 Å². The molecule has 3 aromatic rings. The molecule has 29 heavy (non-hydrogen) atoms. The standard InChI is InChI=1S/C19H14N6O4/c1-12(19(27)22-16-5-4-15(25(28)29)9-14(16)10-20)24-18(26)7-6-17(23-24)13-3-2-8-21-11-13/h2-9,11-12H,1H3,(H,22,27). The second-order valence-corrected chi connectivity index (χ2v) is 6.01. The van der Waals surface area contributed by atoms with Gasteiger partial charge in [0, 0.05) is 36.2 Å². The second-order valence-electron chi connectivity index (χ2n) is 6.01. The Hall–Kier alpha value is -4.39. The summed E-state index contributed by atoms with van der Waals surface area (Å²) in [6.07, 6.45) is 3.19. The lowest BCUT2D eigenvalue weighted by Crippen LogP contribution is -2.33. The number of nitrogens with one attached hydrogen (secondary N) is 1. The molecule has 0 saturated carbocycles. The van der Waals surface area contributed by atoms with E-state index in [1.165, 1.54) is 31.2 Å². The summed E-state index contributed by atoms with van der Waals surface area (Å²) in [5.74, 6) is -0.603. The summed E-state index contributed by atoms with van der Waals surface area (Å²) < 4.78 is 1.02. The molecule has 1 unspecified atom stereocenters. The first kappa shape index (κ1) is 19.4. The average Bonchev–Trinajstić information content (AvgIpc) is 2.74. The van der Waals surface area contributed by atoms with Crippen LogP contribution >= 0.6 is 0 Å². The zero-order valence-electron chi connectivity index (χ0n) is 15.1. The van der Waals surface area contributed by atoms with Crippen LogP contribution in [-0.2, 0) is 4.79 Å². The maximum absolute atomic E-state index is 12.6. The largest absolute Gasteiger partial charge is 0.323 e. The Morgan fingerprint density at radius 1 is 1.31 bits per heavy atom. The number of nitro benzene ring substituents is 1. The van der Waals surface area contributed by atoms with E-state index in [4.69, 9.17) is 0 Å². The zero-order chi connectivity index (χ0) is 21.0. The number of amides is 1. The maximum atomic E-state index is 12.6. The maximum Gasteiger partial charge on any atom is 0.270 e. The van der Waals surface area contributed by atoms with Crippen molar-refractivity contribution in [3.63, 3.8) is 0 Å². The fourth-order valence-corrected chi connectivity index (χ4v) is 2.57. The number of benzene rings is 1. The highest BCUT2D eigenvalue weighted by molar-refractivity contribution is 5.94. The van der Waals surface area contributed by atoms with E-state index >= 15 is 0 Å². The molecular formula is C19H14N6O4. The van der Waals surface area contributed by atoms with Gasteiger partial charge in [0.05, 0.1) is 21.9 Å². The molecule has 0 aliphatic heterocycles. The van der Waals surface area contributed by atoms with Gasteiger partial charge in [-0.3, -0.25) is 24.7 Å². The van der Waals surface area contributed by atoms with Crippen LogP contribution in [0.5, 0.6) is 0 Å². The Labute approximate surface area is 164 Å². The van der Waals surface area contributed by atoms with Gasteiger partial charge in [-0.25, -0.2) is 4.68 Å². The van der Waals surface area contributed by atoms with Crippen LogP contribution in [0, 0.1) is 21.4 Å². The number of carbonyl (C=O) groups excluding carboxylic acids is 1. The number of carbonyl (C=O) groups is 1. The van der Waals surface area contributed by atoms with E-state index in [0.717, 1.165) is 10.7 Å². The van der Waals surface area contributed by atoms with Crippen LogP contribution in [0.25, 0.3) is 11.3 Å². The number of nitro groups is 1. The van der Waals surface area contributed by atoms with Crippen molar-refractivity contribution < 1.29 is 9.72 Å². The number of aromatic nitrogens is 3. The molecule has 0 radical (unpaired) electrons. The number of anilines is 1. The number of nitriles is 1. The van der Waals surface area contributed by atoms with Gasteiger partial charge in [-0.1, -0.05) is 0 Å². The molecule has 10 heteroatoms. The summed E-state index contributed by atoms with van der Waals surface area (Å²) in [4.78, 5) is 39.1. The summed E-state index contributed by atoms with van der Waals surface area (Å²) in [7, 11) is 0. The Morgan fingerprint density at radius 2 is 2.10 bits per heavy atom. The van der Waals surface area contributed by atoms with Crippen LogP contribution in [0.1, 0.15) is 18.5 Å². The van der Waals surface area contributed by atoms with E-state index < -0.39 is 22.4 Å². The van der Waals surface area contributed by atoms with Gasteiger partial charge in [-0.05, 0) is 31.2 Å². The van der Waals surface area contributed by atoms with E-state index in [1.807, 2.05) is 0 Å². The lowest BCUT2D eigenvalue weighted by molar-refractivity contribution is -0.384. The van der Waals surface area contributed by atoms with Crippen LogP contribution < -0.4 is 10.9 Å². The molecule has 1 amide bonds. The number of nitrogens with zero attached hydrogens (tertiary/aromatic N) is 5. The lowest BCUT2D eigenvalue weighted by Gasteiger charge is -2.15. The molecule has 2 heterocycles. The van der Waals surface area contributed by atoms with Crippen LogP contribution in [0.15, 0.2) is 59.7 Å². The number of hydrogen-bond donors (Lipinski definition) is 1. The molecule has 0 bridgehead atoms. The van der Waals surface area contributed by atoms with Crippen molar-refractivity contribution in [3.8, 4) is 17.3 Å². The minimum atomic E-state index is -0.999. The minimum absolute atomic E-state index is 0.0656. The summed E-state index contributed by atoms with van der Waals surface area (Å²) in [5.41, 5.74) is 0.427. The third-order valence-corrected chi connectivity index (χ3v) is 4.12. The lowest BCUT2D eigenvalue weighted by atomic mass is 10.1. The highest BCUT2D eigenvalue weighted by atomic mass is 16.6. The van der Waals surface area contributed by atoms with Crippen LogP contribution in [0.3, 0.4) is 0 Å². The average molecular weight is 390 g/mol. The van der Waals surface area contributed by atoms with Crippen molar-refractivity contribution in [2.45, 2.75) is 13.0 Å². The first-order valence-electron chi connectivity index (χ1n) is 8.40. The van der Waals surface area contributed by atoms with Gasteiger partial charge >= 0.3 is 0 Å². The van der Waals surface area contributed by atoms with Gasteiger partial charge in [0.15, 0.2) is 0 Å². The van der Waals surface area contributed by atoms with E-state index in [0.29, 0.717) is 11.3 Å². The molecule has 0 aliphatic carbocycles. The highest BCUT2D eigenvalue weighted by Crippen LogP contribution is 2.22. The molecule has 1 aromatic carbocycles. The fraction of sp³-hybridized carbons (Fsp3) is 0.105. The quantitative estimate of drug-likeness (QED) is 0.520. The molecule has 0 fully saturated rings. The highest BCUT2D eigenvalue weighted by Gasteiger charge is 2.20. The number of rotatable bonds is 5. The van der Waals surface area contributed by atoms with E-state index in [2.05, 4.69) is 15.4 Å². The van der Waals surface area contributed by atoms with E-state index in [-0.39, 0.29) is 16.9 Å². The Balaban J connectivity index is 1.89. The Morgan fingerprint density at radius 3 is 2.76 bits per heavy atom. The van der Waals surface area contributed by atoms with Gasteiger partial charge < -0.3 is 5.32 Å². The van der Waals surface area contributed by atoms with E-state index in [9.17, 15) is 25.0 Å². The fourth-order valence-electron chi connectivity index (χ4n) is 2.57. The molecule has 0 aliphatic rings. The van der Waals surface area contributed by atoms with Crippen molar-refractivity contribution in [1.29, 1.82) is 5.26 Å². The molecule has 1 atom stereocenters. The molecule has 0 spiro atoms. The summed E-state index contributed by atoms with van der Waals surface area (Å²) in [5, 5.41) is 26.8. The monoisotopic (exact) mass is 390 g/mol. The van der Waals surface area contributed by atoms with Crippen molar-refractivity contribution in [1.82, 2.24) is 14.8 Å². The summed E-state index contributed by atoms with van der Waals surface area (Å²) in [6.45, 7) is 1.48. The van der Waals surface area contributed by atoms with Crippen LogP contribution in [0.2, 0.25) is 0 Å². The molecule has 1 N–H and O–H groups in total. The molecule has 144 valence electrons. The van der Waals surface area contributed by atoms with Crippen molar-refractivity contribution in [2.75, 3.05) is 5.32 Å². The third-order valence-electron chi connectivity index (χ3n) is 4.12. The topological polar surface area (TPSA) is 144 Å². The van der Waals surface area contributed by atoms with Gasteiger partial charge in [-0.15, -0.1) is 0 Å². The molecule has 10 nitrogen and oxygen atoms in total. The predicted octanol–water partition coefficient (Wildman–Crippen LogP) is 2.28. The Kier molecular flexibility index (Phi) is 5.41. The predicted molar refractivity (Wildman–Crippen MR) is 103 cm³/mol. The zero-order valence-corrected chi connectivity index (χ0v) is 15.1. The van der Waals surface area contributed by atoms with Crippen molar-refractivity contribution >= 4 is 17.3 Å². The van der Waals surface area contributed by atoms with E-state index in [1.54, 1.807) is 30.6 Å². The normalized spacial score (nSPS) is 11.3. The number of pyridine rings is 1. The molecule has 0 saturated heterocycles. The molecule has 2 aromatic heterocycles. The third kappa shape index (κ3) is 4.14. The number of non-ortho nitro benzene ring substituents is 1. The van der Waals surface area contributed by atoms with Crippen molar-refractivity contribution in [2.24, 2.45) is 0 Å². The van der Waals surface area contributed by atoms with Crippen molar-refractivity contribution in [3.05, 3.63) is 80.9 Å². The van der Waals surface area contributed by atoms with Gasteiger partial charge in [0.1, 0.15) is 12.1 Å². The minimum Gasteiger partial charge on any atom is -0.323 e. The smallest absolute Gasteiger partial charge is 0.270 e. The Bertz CT molecular complexity index is 1180. The summed E-state index contributed by atoms with van der Waals surface area (Å²) in [6, 6.07) is 10.6. The molecule has 3 rings (SSSR count). The number of hydrogen-bond acceptors (Lipinski definition) is 7. The van der Waals surface area contributed by atoms with Crippen LogP contribution in [-0.4, -0.2) is 25.6 Å². The van der Waals surface area contributed by atoms with Crippen LogP contribution in [0.4, 0.5) is 11.4 Å². The molecular weight excluding hydrogens is 376 g/mol.